The maximum absolute atomic E-state index is 12.8. The van der Waals surface area contributed by atoms with Gasteiger partial charge < -0.3 is 11.1 Å². The van der Waals surface area contributed by atoms with Gasteiger partial charge in [-0.2, -0.15) is 13.2 Å². The van der Waals surface area contributed by atoms with Gasteiger partial charge in [-0.05, 0) is 24.3 Å². The van der Waals surface area contributed by atoms with Crippen molar-refractivity contribution in [2.75, 3.05) is 11.1 Å². The summed E-state index contributed by atoms with van der Waals surface area (Å²) in [5.74, 6) is -0.737. The van der Waals surface area contributed by atoms with Gasteiger partial charge >= 0.3 is 6.18 Å². The molecule has 0 aliphatic rings. The van der Waals surface area contributed by atoms with E-state index < -0.39 is 23.5 Å². The number of nitrogens with two attached hydrogens (primary N) is 1. The molecule has 0 aliphatic carbocycles. The summed E-state index contributed by atoms with van der Waals surface area (Å²) >= 11 is 1.39. The number of anilines is 2. The summed E-state index contributed by atoms with van der Waals surface area (Å²) in [6.45, 7) is 0. The summed E-state index contributed by atoms with van der Waals surface area (Å²) < 4.78 is 39.2. The SMILES string of the molecule is Nc1c(C(=O)Nc2ccc3ncsc3c2)ccnc1C(F)(F)F. The Morgan fingerprint density at radius 3 is 2.74 bits per heavy atom. The predicted octanol–water partition coefficient (Wildman–Crippen LogP) is 3.54. The van der Waals surface area contributed by atoms with Crippen molar-refractivity contribution in [1.29, 1.82) is 0 Å². The fourth-order valence-corrected chi connectivity index (χ4v) is 2.74. The molecular weight excluding hydrogens is 329 g/mol. The third-order valence-corrected chi connectivity index (χ3v) is 3.88. The van der Waals surface area contributed by atoms with E-state index in [1.54, 1.807) is 23.7 Å². The Balaban J connectivity index is 1.91. The van der Waals surface area contributed by atoms with Gasteiger partial charge in [-0.15, -0.1) is 11.3 Å². The number of alkyl halides is 3. The number of halogens is 3. The third kappa shape index (κ3) is 2.95. The van der Waals surface area contributed by atoms with Crippen LogP contribution in [0.25, 0.3) is 10.2 Å². The molecule has 0 radical (unpaired) electrons. The number of pyridine rings is 1. The zero-order valence-electron chi connectivity index (χ0n) is 11.4. The van der Waals surface area contributed by atoms with Gasteiger partial charge in [0.2, 0.25) is 0 Å². The fourth-order valence-electron chi connectivity index (χ4n) is 2.03. The van der Waals surface area contributed by atoms with Gasteiger partial charge in [0.15, 0.2) is 5.69 Å². The van der Waals surface area contributed by atoms with E-state index in [1.807, 2.05) is 0 Å². The highest BCUT2D eigenvalue weighted by Gasteiger charge is 2.36. The summed E-state index contributed by atoms with van der Waals surface area (Å²) in [4.78, 5) is 19.5. The lowest BCUT2D eigenvalue weighted by Crippen LogP contribution is -2.19. The van der Waals surface area contributed by atoms with E-state index in [1.165, 1.54) is 11.3 Å². The summed E-state index contributed by atoms with van der Waals surface area (Å²) in [5, 5.41) is 2.52. The number of rotatable bonds is 2. The maximum Gasteiger partial charge on any atom is 0.435 e. The minimum atomic E-state index is -4.72. The van der Waals surface area contributed by atoms with Gasteiger partial charge in [0.25, 0.3) is 5.91 Å². The van der Waals surface area contributed by atoms with E-state index in [0.717, 1.165) is 22.5 Å². The molecule has 0 aliphatic heterocycles. The lowest BCUT2D eigenvalue weighted by atomic mass is 10.1. The largest absolute Gasteiger partial charge is 0.435 e. The zero-order chi connectivity index (χ0) is 16.6. The van der Waals surface area contributed by atoms with Crippen molar-refractivity contribution in [1.82, 2.24) is 9.97 Å². The molecule has 0 saturated carbocycles. The van der Waals surface area contributed by atoms with Gasteiger partial charge in [-0.25, -0.2) is 9.97 Å². The minimum absolute atomic E-state index is 0.281. The highest BCUT2D eigenvalue weighted by molar-refractivity contribution is 7.16. The van der Waals surface area contributed by atoms with Crippen LogP contribution in [-0.4, -0.2) is 15.9 Å². The van der Waals surface area contributed by atoms with Crippen molar-refractivity contribution < 1.29 is 18.0 Å². The number of benzene rings is 1. The van der Waals surface area contributed by atoms with Gasteiger partial charge in [0.05, 0.1) is 27.0 Å². The van der Waals surface area contributed by atoms with E-state index in [-0.39, 0.29) is 5.56 Å². The van der Waals surface area contributed by atoms with Crippen LogP contribution in [0.1, 0.15) is 16.1 Å². The average Bonchev–Trinajstić information content (AvgIpc) is 2.93. The van der Waals surface area contributed by atoms with Crippen LogP contribution in [0.5, 0.6) is 0 Å². The van der Waals surface area contributed by atoms with Crippen LogP contribution in [0, 0.1) is 0 Å². The Hall–Kier alpha value is -2.68. The van der Waals surface area contributed by atoms with Crippen LogP contribution >= 0.6 is 11.3 Å². The summed E-state index contributed by atoms with van der Waals surface area (Å²) in [7, 11) is 0. The van der Waals surface area contributed by atoms with Crippen molar-refractivity contribution in [3.8, 4) is 0 Å². The Kier molecular flexibility index (Phi) is 3.64. The first kappa shape index (κ1) is 15.2. The highest BCUT2D eigenvalue weighted by Crippen LogP contribution is 2.33. The summed E-state index contributed by atoms with van der Waals surface area (Å²) in [6.07, 6.45) is -3.82. The number of hydrogen-bond acceptors (Lipinski definition) is 5. The first-order valence-corrected chi connectivity index (χ1v) is 7.20. The summed E-state index contributed by atoms with van der Waals surface area (Å²) in [5.41, 5.74) is 6.07. The second kappa shape index (κ2) is 5.51. The number of nitrogen functional groups attached to an aromatic ring is 1. The Labute approximate surface area is 132 Å². The van der Waals surface area contributed by atoms with Crippen LogP contribution in [0.2, 0.25) is 0 Å². The third-order valence-electron chi connectivity index (χ3n) is 3.09. The number of hydrogen-bond donors (Lipinski definition) is 2. The fraction of sp³-hybridized carbons (Fsp3) is 0.0714. The van der Waals surface area contributed by atoms with Crippen molar-refractivity contribution >= 4 is 38.8 Å². The molecule has 2 heterocycles. The van der Waals surface area contributed by atoms with E-state index in [4.69, 9.17) is 5.73 Å². The Morgan fingerprint density at radius 1 is 1.22 bits per heavy atom. The molecule has 3 N–H and O–H groups in total. The van der Waals surface area contributed by atoms with Crippen molar-refractivity contribution in [2.45, 2.75) is 6.18 Å². The molecule has 0 atom stereocenters. The van der Waals surface area contributed by atoms with E-state index in [9.17, 15) is 18.0 Å². The van der Waals surface area contributed by atoms with Gasteiger partial charge in [-0.3, -0.25) is 4.79 Å². The number of amides is 1. The molecule has 23 heavy (non-hydrogen) atoms. The van der Waals surface area contributed by atoms with E-state index in [0.29, 0.717) is 5.69 Å². The number of nitrogens with zero attached hydrogens (tertiary/aromatic N) is 2. The molecule has 0 unspecified atom stereocenters. The average molecular weight is 338 g/mol. The molecular formula is C14H9F3N4OS. The van der Waals surface area contributed by atoms with Crippen molar-refractivity contribution in [3.63, 3.8) is 0 Å². The van der Waals surface area contributed by atoms with Gasteiger partial charge in [-0.1, -0.05) is 0 Å². The second-order valence-electron chi connectivity index (χ2n) is 4.61. The van der Waals surface area contributed by atoms with Crippen LogP contribution in [0.15, 0.2) is 36.0 Å². The Bertz CT molecular complexity index is 891. The molecule has 0 bridgehead atoms. The zero-order valence-corrected chi connectivity index (χ0v) is 12.2. The van der Waals surface area contributed by atoms with Crippen LogP contribution in [0.4, 0.5) is 24.5 Å². The molecule has 2 aromatic heterocycles. The van der Waals surface area contributed by atoms with E-state index in [2.05, 4.69) is 15.3 Å². The molecule has 118 valence electrons. The minimum Gasteiger partial charge on any atom is -0.396 e. The van der Waals surface area contributed by atoms with Gasteiger partial charge in [0, 0.05) is 11.9 Å². The maximum atomic E-state index is 12.8. The molecule has 5 nitrogen and oxygen atoms in total. The monoisotopic (exact) mass is 338 g/mol. The second-order valence-corrected chi connectivity index (χ2v) is 5.49. The molecule has 9 heteroatoms. The first-order chi connectivity index (χ1) is 10.9. The predicted molar refractivity (Wildman–Crippen MR) is 81.2 cm³/mol. The lowest BCUT2D eigenvalue weighted by molar-refractivity contribution is -0.140. The first-order valence-electron chi connectivity index (χ1n) is 6.32. The number of carbonyl (C=O) groups excluding carboxylic acids is 1. The number of aromatic nitrogens is 2. The molecule has 0 spiro atoms. The Morgan fingerprint density at radius 2 is 2.00 bits per heavy atom. The number of fused-ring (bicyclic) bond motifs is 1. The summed E-state index contributed by atoms with van der Waals surface area (Å²) in [6, 6.07) is 6.15. The highest BCUT2D eigenvalue weighted by atomic mass is 32.1. The topological polar surface area (TPSA) is 80.9 Å². The van der Waals surface area contributed by atoms with Crippen LogP contribution < -0.4 is 11.1 Å². The normalized spacial score (nSPS) is 11.6. The quantitative estimate of drug-likeness (QED) is 0.749. The molecule has 0 saturated heterocycles. The molecule has 3 rings (SSSR count). The number of nitrogens with one attached hydrogen (secondary N) is 1. The number of thiazole rings is 1. The standard InChI is InChI=1S/C14H9F3N4OS/c15-14(16,17)12-11(18)8(3-4-19-12)13(22)21-7-1-2-9-10(5-7)23-6-20-9/h1-6H,18H2,(H,21,22). The number of carbonyl (C=O) groups is 1. The van der Waals surface area contributed by atoms with Gasteiger partial charge in [0.1, 0.15) is 0 Å². The lowest BCUT2D eigenvalue weighted by Gasteiger charge is -2.12. The molecule has 3 aromatic rings. The molecule has 1 amide bonds. The van der Waals surface area contributed by atoms with Crippen molar-refractivity contribution in [2.24, 2.45) is 0 Å². The van der Waals surface area contributed by atoms with Crippen LogP contribution in [-0.2, 0) is 6.18 Å². The molecule has 0 fully saturated rings. The van der Waals surface area contributed by atoms with Crippen LogP contribution in [0.3, 0.4) is 0 Å². The van der Waals surface area contributed by atoms with E-state index >= 15 is 0 Å². The van der Waals surface area contributed by atoms with Crippen molar-refractivity contribution in [3.05, 3.63) is 47.2 Å². The smallest absolute Gasteiger partial charge is 0.396 e. The molecule has 1 aromatic carbocycles.